The summed E-state index contributed by atoms with van der Waals surface area (Å²) >= 11 is 5.95. The molecule has 4 aromatic rings. The molecular formula is C24H18ClN3O3. The summed E-state index contributed by atoms with van der Waals surface area (Å²) in [7, 11) is 0. The summed E-state index contributed by atoms with van der Waals surface area (Å²) in [5, 5.41) is 4.79. The van der Waals surface area contributed by atoms with Gasteiger partial charge >= 0.3 is 5.97 Å². The third-order valence-electron chi connectivity index (χ3n) is 4.58. The molecule has 0 aliphatic rings. The smallest absolute Gasteiger partial charge is 0.378 e. The Morgan fingerprint density at radius 1 is 0.935 bits per heavy atom. The predicted molar refractivity (Wildman–Crippen MR) is 117 cm³/mol. The quantitative estimate of drug-likeness (QED) is 0.316. The Balaban J connectivity index is 1.63. The van der Waals surface area contributed by atoms with Gasteiger partial charge in [-0.25, -0.2) is 14.5 Å². The summed E-state index contributed by atoms with van der Waals surface area (Å²) in [6.45, 7) is 1.51. The van der Waals surface area contributed by atoms with Crippen molar-refractivity contribution < 1.29 is 14.3 Å². The van der Waals surface area contributed by atoms with Gasteiger partial charge in [0.2, 0.25) is 5.78 Å². The standard InChI is InChI=1S/C24H18ClN3O3/c1-16(21(29)18-11-8-12-19(25)15-18)31-24(30)22-26-23(17-9-4-2-5-10-17)28(27-22)20-13-6-3-7-14-20/h2-16H,1H3. The van der Waals surface area contributed by atoms with Gasteiger partial charge in [0.15, 0.2) is 11.9 Å². The number of carbonyl (C=O) groups is 2. The molecule has 0 saturated heterocycles. The van der Waals surface area contributed by atoms with Crippen LogP contribution in [0.1, 0.15) is 27.9 Å². The largest absolute Gasteiger partial charge is 0.448 e. The number of carbonyl (C=O) groups excluding carboxylic acids is 2. The van der Waals surface area contributed by atoms with Crippen LogP contribution < -0.4 is 0 Å². The lowest BCUT2D eigenvalue weighted by Gasteiger charge is -2.11. The third kappa shape index (κ3) is 4.54. The van der Waals surface area contributed by atoms with Crippen LogP contribution in [0.3, 0.4) is 0 Å². The summed E-state index contributed by atoms with van der Waals surface area (Å²) in [5.74, 6) is -0.780. The van der Waals surface area contributed by atoms with Crippen molar-refractivity contribution in [3.63, 3.8) is 0 Å². The van der Waals surface area contributed by atoms with Gasteiger partial charge in [-0.2, -0.15) is 0 Å². The van der Waals surface area contributed by atoms with Crippen LogP contribution in [0.2, 0.25) is 5.02 Å². The van der Waals surface area contributed by atoms with Gasteiger partial charge in [0.05, 0.1) is 5.69 Å². The van der Waals surface area contributed by atoms with Gasteiger partial charge < -0.3 is 4.74 Å². The highest BCUT2D eigenvalue weighted by atomic mass is 35.5. The van der Waals surface area contributed by atoms with Crippen molar-refractivity contribution >= 4 is 23.4 Å². The van der Waals surface area contributed by atoms with E-state index < -0.39 is 12.1 Å². The van der Waals surface area contributed by atoms with E-state index in [1.165, 1.54) is 13.0 Å². The average molecular weight is 432 g/mol. The number of esters is 1. The fraction of sp³-hybridized carbons (Fsp3) is 0.0833. The van der Waals surface area contributed by atoms with E-state index in [1.807, 2.05) is 60.7 Å². The van der Waals surface area contributed by atoms with E-state index >= 15 is 0 Å². The van der Waals surface area contributed by atoms with E-state index in [9.17, 15) is 9.59 Å². The Hall–Kier alpha value is -3.77. The van der Waals surface area contributed by atoms with Crippen LogP contribution in [0.15, 0.2) is 84.9 Å². The molecule has 31 heavy (non-hydrogen) atoms. The minimum absolute atomic E-state index is 0.131. The van der Waals surface area contributed by atoms with Crippen molar-refractivity contribution in [3.8, 4) is 17.1 Å². The van der Waals surface area contributed by atoms with Gasteiger partial charge in [-0.3, -0.25) is 4.79 Å². The van der Waals surface area contributed by atoms with Crippen LogP contribution in [-0.2, 0) is 4.74 Å². The second kappa shape index (κ2) is 8.93. The lowest BCUT2D eigenvalue weighted by Crippen LogP contribution is -2.25. The number of hydrogen-bond donors (Lipinski definition) is 0. The number of Topliss-reactive ketones (excluding diaryl/α,β-unsaturated/α-hetero) is 1. The van der Waals surface area contributed by atoms with Gasteiger partial charge in [0.1, 0.15) is 0 Å². The Kier molecular flexibility index (Phi) is 5.91. The molecule has 0 aliphatic heterocycles. The molecule has 0 aliphatic carbocycles. The zero-order valence-electron chi connectivity index (χ0n) is 16.6. The van der Waals surface area contributed by atoms with Crippen molar-refractivity contribution in [1.29, 1.82) is 0 Å². The molecule has 1 atom stereocenters. The predicted octanol–water partition coefficient (Wildman–Crippen LogP) is 5.02. The van der Waals surface area contributed by atoms with Crippen molar-refractivity contribution in [3.05, 3.63) is 101 Å². The molecule has 3 aromatic carbocycles. The fourth-order valence-corrected chi connectivity index (χ4v) is 3.26. The number of aromatic nitrogens is 3. The summed E-state index contributed by atoms with van der Waals surface area (Å²) in [6, 6.07) is 25.2. The first-order valence-electron chi connectivity index (χ1n) is 9.61. The Morgan fingerprint density at radius 2 is 1.61 bits per heavy atom. The minimum Gasteiger partial charge on any atom is -0.448 e. The molecule has 154 valence electrons. The molecule has 1 unspecified atom stereocenters. The average Bonchev–Trinajstić information content (AvgIpc) is 3.25. The Bertz CT molecular complexity index is 1170. The Labute approximate surface area is 184 Å². The summed E-state index contributed by atoms with van der Waals surface area (Å²) < 4.78 is 6.94. The highest BCUT2D eigenvalue weighted by Crippen LogP contribution is 2.21. The molecule has 0 spiro atoms. The molecule has 0 N–H and O–H groups in total. The second-order valence-electron chi connectivity index (χ2n) is 6.79. The SMILES string of the molecule is CC(OC(=O)c1nc(-c2ccccc2)n(-c2ccccc2)n1)C(=O)c1cccc(Cl)c1. The Morgan fingerprint density at radius 3 is 2.29 bits per heavy atom. The van der Waals surface area contributed by atoms with Gasteiger partial charge in [-0.1, -0.05) is 72.3 Å². The first-order chi connectivity index (χ1) is 15.0. The van der Waals surface area contributed by atoms with Gasteiger partial charge in [-0.15, -0.1) is 5.10 Å². The second-order valence-corrected chi connectivity index (χ2v) is 7.23. The monoisotopic (exact) mass is 431 g/mol. The maximum atomic E-state index is 12.7. The molecule has 0 bridgehead atoms. The van der Waals surface area contributed by atoms with Crippen molar-refractivity contribution in [2.24, 2.45) is 0 Å². The number of halogens is 1. The number of ketones is 1. The molecule has 0 amide bonds. The molecule has 1 heterocycles. The highest BCUT2D eigenvalue weighted by molar-refractivity contribution is 6.31. The maximum Gasteiger partial charge on any atom is 0.378 e. The molecule has 0 fully saturated rings. The van der Waals surface area contributed by atoms with E-state index in [0.29, 0.717) is 16.4 Å². The minimum atomic E-state index is -1.02. The molecule has 6 nitrogen and oxygen atoms in total. The van der Waals surface area contributed by atoms with Crippen LogP contribution in [0.5, 0.6) is 0 Å². The van der Waals surface area contributed by atoms with Gasteiger partial charge in [0.25, 0.3) is 5.82 Å². The van der Waals surface area contributed by atoms with Crippen molar-refractivity contribution in [1.82, 2.24) is 14.8 Å². The van der Waals surface area contributed by atoms with Gasteiger partial charge in [0, 0.05) is 16.1 Å². The van der Waals surface area contributed by atoms with Gasteiger partial charge in [-0.05, 0) is 31.2 Å². The molecule has 4 rings (SSSR count). The lowest BCUT2D eigenvalue weighted by atomic mass is 10.1. The van der Waals surface area contributed by atoms with Crippen LogP contribution in [0.25, 0.3) is 17.1 Å². The first-order valence-corrected chi connectivity index (χ1v) is 9.99. The molecular weight excluding hydrogens is 414 g/mol. The molecule has 1 aromatic heterocycles. The molecule has 7 heteroatoms. The van der Waals surface area contributed by atoms with Crippen LogP contribution in [-0.4, -0.2) is 32.6 Å². The number of nitrogens with zero attached hydrogens (tertiary/aromatic N) is 3. The molecule has 0 saturated carbocycles. The zero-order valence-corrected chi connectivity index (χ0v) is 17.4. The van der Waals surface area contributed by atoms with Crippen molar-refractivity contribution in [2.45, 2.75) is 13.0 Å². The third-order valence-corrected chi connectivity index (χ3v) is 4.82. The fourth-order valence-electron chi connectivity index (χ4n) is 3.07. The number of rotatable bonds is 6. The van der Waals surface area contributed by atoms with E-state index in [0.717, 1.165) is 11.3 Å². The number of para-hydroxylation sites is 1. The maximum absolute atomic E-state index is 12.7. The zero-order chi connectivity index (χ0) is 21.8. The van der Waals surface area contributed by atoms with E-state index in [-0.39, 0.29) is 11.6 Å². The van der Waals surface area contributed by atoms with E-state index in [4.69, 9.17) is 16.3 Å². The summed E-state index contributed by atoms with van der Waals surface area (Å²) in [4.78, 5) is 29.7. The topological polar surface area (TPSA) is 74.1 Å². The summed E-state index contributed by atoms with van der Waals surface area (Å²) in [5.41, 5.74) is 1.90. The highest BCUT2D eigenvalue weighted by Gasteiger charge is 2.25. The normalized spacial score (nSPS) is 11.7. The van der Waals surface area contributed by atoms with Crippen LogP contribution in [0.4, 0.5) is 0 Å². The lowest BCUT2D eigenvalue weighted by molar-refractivity contribution is 0.0307. The van der Waals surface area contributed by atoms with E-state index in [1.54, 1.807) is 22.9 Å². The first kappa shape index (κ1) is 20.5. The van der Waals surface area contributed by atoms with E-state index in [2.05, 4.69) is 10.1 Å². The number of ether oxygens (including phenoxy) is 1. The van der Waals surface area contributed by atoms with Crippen LogP contribution in [0, 0.1) is 0 Å². The van der Waals surface area contributed by atoms with Crippen molar-refractivity contribution in [2.75, 3.05) is 0 Å². The number of hydrogen-bond acceptors (Lipinski definition) is 5. The summed E-state index contributed by atoms with van der Waals surface area (Å²) in [6.07, 6.45) is -1.02. The van der Waals surface area contributed by atoms with Crippen LogP contribution >= 0.6 is 11.6 Å². The molecule has 0 radical (unpaired) electrons. The number of benzene rings is 3.